The van der Waals surface area contributed by atoms with Crippen LogP contribution in [0, 0.1) is 0 Å². The number of methoxy groups -OCH3 is 1. The summed E-state index contributed by atoms with van der Waals surface area (Å²) >= 11 is 0. The SMILES string of the molecule is COC(=O)N1c2ccc(-c3cnn(C4CCO4)c3)c(OC3CCC3)c2CC[C@@H]1C. The Labute approximate surface area is 170 Å². The van der Waals surface area contributed by atoms with E-state index in [4.69, 9.17) is 14.2 Å². The number of aromatic nitrogens is 2. The van der Waals surface area contributed by atoms with Gasteiger partial charge in [-0.3, -0.25) is 4.90 Å². The lowest BCUT2D eigenvalue weighted by atomic mass is 9.91. The highest BCUT2D eigenvalue weighted by Crippen LogP contribution is 2.45. The second kappa shape index (κ2) is 7.37. The summed E-state index contributed by atoms with van der Waals surface area (Å²) in [6, 6.07) is 4.15. The zero-order valence-corrected chi connectivity index (χ0v) is 17.0. The lowest BCUT2D eigenvalue weighted by Crippen LogP contribution is -2.42. The smallest absolute Gasteiger partial charge is 0.414 e. The van der Waals surface area contributed by atoms with Gasteiger partial charge < -0.3 is 14.2 Å². The van der Waals surface area contributed by atoms with E-state index in [0.717, 1.165) is 66.8 Å². The van der Waals surface area contributed by atoms with Crippen LogP contribution in [0.2, 0.25) is 0 Å². The summed E-state index contributed by atoms with van der Waals surface area (Å²) in [7, 11) is 1.43. The molecule has 0 spiro atoms. The lowest BCUT2D eigenvalue weighted by Gasteiger charge is -2.37. The second-order valence-corrected chi connectivity index (χ2v) is 8.16. The zero-order valence-electron chi connectivity index (χ0n) is 17.0. The predicted octanol–water partition coefficient (Wildman–Crippen LogP) is 4.31. The minimum atomic E-state index is -0.323. The molecule has 1 aromatic heterocycles. The molecule has 1 amide bonds. The topological polar surface area (TPSA) is 65.8 Å². The van der Waals surface area contributed by atoms with Crippen molar-refractivity contribution in [3.05, 3.63) is 30.1 Å². The maximum Gasteiger partial charge on any atom is 0.414 e. The molecule has 0 bridgehead atoms. The average Bonchev–Trinajstić information content (AvgIpc) is 3.11. The van der Waals surface area contributed by atoms with Crippen molar-refractivity contribution < 1.29 is 19.0 Å². The number of amides is 1. The summed E-state index contributed by atoms with van der Waals surface area (Å²) in [5, 5.41) is 4.50. The molecule has 154 valence electrons. The molecular weight excluding hydrogens is 370 g/mol. The van der Waals surface area contributed by atoms with E-state index >= 15 is 0 Å². The van der Waals surface area contributed by atoms with Crippen molar-refractivity contribution in [1.29, 1.82) is 0 Å². The standard InChI is InChI=1S/C22H27N3O4/c1-14-6-7-18-19(25(14)22(26)27-2)9-8-17(21(18)29-16-4-3-5-16)15-12-23-24(13-15)20-10-11-28-20/h8-9,12-14,16,20H,3-7,10-11H2,1-2H3/t14-,20?/m0/s1. The second-order valence-electron chi connectivity index (χ2n) is 8.16. The van der Waals surface area contributed by atoms with Crippen molar-refractivity contribution in [1.82, 2.24) is 9.78 Å². The Morgan fingerprint density at radius 2 is 2.07 bits per heavy atom. The minimum Gasteiger partial charge on any atom is -0.489 e. The van der Waals surface area contributed by atoms with Crippen LogP contribution in [0.5, 0.6) is 5.75 Å². The van der Waals surface area contributed by atoms with Crippen LogP contribution >= 0.6 is 0 Å². The normalized spacial score (nSPS) is 23.7. The summed E-state index contributed by atoms with van der Waals surface area (Å²) in [6.45, 7) is 2.85. The van der Waals surface area contributed by atoms with Gasteiger partial charge in [-0.2, -0.15) is 5.10 Å². The van der Waals surface area contributed by atoms with Crippen molar-refractivity contribution in [2.45, 2.75) is 63.8 Å². The highest BCUT2D eigenvalue weighted by atomic mass is 16.5. The van der Waals surface area contributed by atoms with E-state index in [1.165, 1.54) is 13.5 Å². The number of ether oxygens (including phenoxy) is 3. The highest BCUT2D eigenvalue weighted by molar-refractivity contribution is 5.92. The molecular formula is C22H27N3O4. The van der Waals surface area contributed by atoms with Gasteiger partial charge in [0, 0.05) is 35.3 Å². The van der Waals surface area contributed by atoms with E-state index in [1.54, 1.807) is 4.90 Å². The van der Waals surface area contributed by atoms with Crippen LogP contribution in [-0.2, 0) is 15.9 Å². The van der Waals surface area contributed by atoms with Gasteiger partial charge in [0.25, 0.3) is 0 Å². The molecule has 1 unspecified atom stereocenters. The first kappa shape index (κ1) is 18.5. The fourth-order valence-electron chi connectivity index (χ4n) is 4.26. The summed E-state index contributed by atoms with van der Waals surface area (Å²) in [5.74, 6) is 0.891. The van der Waals surface area contributed by atoms with Gasteiger partial charge in [0.1, 0.15) is 5.75 Å². The van der Waals surface area contributed by atoms with Crippen molar-refractivity contribution in [3.63, 3.8) is 0 Å². The van der Waals surface area contributed by atoms with E-state index in [1.807, 2.05) is 29.2 Å². The number of hydrogen-bond acceptors (Lipinski definition) is 5. The van der Waals surface area contributed by atoms with Crippen LogP contribution in [0.3, 0.4) is 0 Å². The number of benzene rings is 1. The molecule has 1 saturated carbocycles. The monoisotopic (exact) mass is 397 g/mol. The van der Waals surface area contributed by atoms with Crippen LogP contribution in [0.1, 0.15) is 50.8 Å². The number of carbonyl (C=O) groups excluding carboxylic acids is 1. The maximum atomic E-state index is 12.4. The van der Waals surface area contributed by atoms with Gasteiger partial charge in [-0.15, -0.1) is 0 Å². The molecule has 0 N–H and O–H groups in total. The number of rotatable bonds is 4. The Kier molecular flexibility index (Phi) is 4.70. The highest BCUT2D eigenvalue weighted by Gasteiger charge is 2.33. The number of nitrogens with zero attached hydrogens (tertiary/aromatic N) is 3. The van der Waals surface area contributed by atoms with E-state index in [0.29, 0.717) is 0 Å². The molecule has 3 aliphatic rings. The first-order chi connectivity index (χ1) is 14.2. The molecule has 1 saturated heterocycles. The molecule has 1 aliphatic carbocycles. The van der Waals surface area contributed by atoms with Crippen LogP contribution in [-0.4, -0.2) is 41.7 Å². The van der Waals surface area contributed by atoms with Crippen LogP contribution in [0.15, 0.2) is 24.5 Å². The van der Waals surface area contributed by atoms with E-state index in [2.05, 4.69) is 12.0 Å². The first-order valence-electron chi connectivity index (χ1n) is 10.5. The Morgan fingerprint density at radius 1 is 1.24 bits per heavy atom. The van der Waals surface area contributed by atoms with E-state index < -0.39 is 0 Å². The van der Waals surface area contributed by atoms with Crippen molar-refractivity contribution in [3.8, 4) is 16.9 Å². The molecule has 2 aromatic rings. The Balaban J connectivity index is 1.58. The molecule has 2 aliphatic heterocycles. The quantitative estimate of drug-likeness (QED) is 0.769. The minimum absolute atomic E-state index is 0.0352. The largest absolute Gasteiger partial charge is 0.489 e. The average molecular weight is 397 g/mol. The Morgan fingerprint density at radius 3 is 2.72 bits per heavy atom. The van der Waals surface area contributed by atoms with E-state index in [9.17, 15) is 4.79 Å². The molecule has 7 nitrogen and oxygen atoms in total. The number of hydrogen-bond donors (Lipinski definition) is 0. The summed E-state index contributed by atoms with van der Waals surface area (Å²) < 4.78 is 19.0. The third-order valence-corrected chi connectivity index (χ3v) is 6.34. The number of anilines is 1. The third kappa shape index (κ3) is 3.17. The molecule has 3 heterocycles. The maximum absolute atomic E-state index is 12.4. The fourth-order valence-corrected chi connectivity index (χ4v) is 4.26. The lowest BCUT2D eigenvalue weighted by molar-refractivity contribution is -0.106. The van der Waals surface area contributed by atoms with Crippen molar-refractivity contribution in [2.75, 3.05) is 18.6 Å². The predicted molar refractivity (Wildman–Crippen MR) is 108 cm³/mol. The summed E-state index contributed by atoms with van der Waals surface area (Å²) in [4.78, 5) is 14.2. The first-order valence-corrected chi connectivity index (χ1v) is 10.5. The molecule has 2 atom stereocenters. The van der Waals surface area contributed by atoms with Crippen LogP contribution in [0.25, 0.3) is 11.1 Å². The zero-order chi connectivity index (χ0) is 20.0. The van der Waals surface area contributed by atoms with Gasteiger partial charge in [-0.25, -0.2) is 9.48 Å². The summed E-state index contributed by atoms with van der Waals surface area (Å²) in [5.41, 5.74) is 4.02. The van der Waals surface area contributed by atoms with Crippen molar-refractivity contribution >= 4 is 11.8 Å². The van der Waals surface area contributed by atoms with Gasteiger partial charge in [0.15, 0.2) is 6.23 Å². The number of fused-ring (bicyclic) bond motifs is 1. The van der Waals surface area contributed by atoms with Gasteiger partial charge in [-0.05, 0) is 51.2 Å². The van der Waals surface area contributed by atoms with Crippen LogP contribution < -0.4 is 9.64 Å². The summed E-state index contributed by atoms with van der Waals surface area (Å²) in [6.07, 6.45) is 9.97. The molecule has 5 rings (SSSR count). The molecule has 0 radical (unpaired) electrons. The van der Waals surface area contributed by atoms with E-state index in [-0.39, 0.29) is 24.5 Å². The molecule has 1 aromatic carbocycles. The number of carbonyl (C=O) groups is 1. The van der Waals surface area contributed by atoms with Crippen LogP contribution in [0.4, 0.5) is 10.5 Å². The molecule has 7 heteroatoms. The molecule has 2 fully saturated rings. The van der Waals surface area contributed by atoms with Gasteiger partial charge in [-0.1, -0.05) is 0 Å². The third-order valence-electron chi connectivity index (χ3n) is 6.34. The Bertz CT molecular complexity index is 917. The molecule has 29 heavy (non-hydrogen) atoms. The fraction of sp³-hybridized carbons (Fsp3) is 0.545. The van der Waals surface area contributed by atoms with Crippen molar-refractivity contribution in [2.24, 2.45) is 0 Å². The van der Waals surface area contributed by atoms with Gasteiger partial charge in [0.05, 0.1) is 31.7 Å². The van der Waals surface area contributed by atoms with Gasteiger partial charge >= 0.3 is 6.09 Å². The Hall–Kier alpha value is -2.54. The van der Waals surface area contributed by atoms with Gasteiger partial charge in [0.2, 0.25) is 0 Å².